The van der Waals surface area contributed by atoms with E-state index in [-0.39, 0.29) is 5.78 Å². The lowest BCUT2D eigenvalue weighted by molar-refractivity contribution is 0.0733. The third kappa shape index (κ3) is 4.09. The van der Waals surface area contributed by atoms with Crippen LogP contribution in [0.15, 0.2) is 48.5 Å². The highest BCUT2D eigenvalue weighted by atomic mass is 35.5. The second-order valence-electron chi connectivity index (χ2n) is 6.26. The second-order valence-corrected chi connectivity index (χ2v) is 6.67. The molecule has 3 aromatic rings. The Labute approximate surface area is 162 Å². The van der Waals surface area contributed by atoms with E-state index in [1.54, 1.807) is 35.9 Å². The highest BCUT2D eigenvalue weighted by molar-refractivity contribution is 6.31. The van der Waals surface area contributed by atoms with Crippen LogP contribution in [0, 0.1) is 13.8 Å². The molecule has 0 aliphatic rings. The largest absolute Gasteiger partial charge is 0.423 e. The van der Waals surface area contributed by atoms with Crippen molar-refractivity contribution in [1.82, 2.24) is 9.78 Å². The summed E-state index contributed by atoms with van der Waals surface area (Å²) in [4.78, 5) is 24.0. The molecule has 27 heavy (non-hydrogen) atoms. The normalized spacial score (nSPS) is 10.7. The van der Waals surface area contributed by atoms with Crippen molar-refractivity contribution in [2.45, 2.75) is 27.3 Å². The Kier molecular flexibility index (Phi) is 5.42. The van der Waals surface area contributed by atoms with Crippen molar-refractivity contribution in [2.24, 2.45) is 0 Å². The zero-order valence-electron chi connectivity index (χ0n) is 15.3. The minimum Gasteiger partial charge on any atom is -0.423 e. The van der Waals surface area contributed by atoms with Crippen molar-refractivity contribution in [3.05, 3.63) is 81.6 Å². The number of hydrogen-bond donors (Lipinski definition) is 0. The van der Waals surface area contributed by atoms with Gasteiger partial charge < -0.3 is 4.74 Å². The Morgan fingerprint density at radius 3 is 2.37 bits per heavy atom. The Morgan fingerprint density at radius 2 is 1.74 bits per heavy atom. The first-order chi connectivity index (χ1) is 12.9. The molecule has 6 heteroatoms. The summed E-state index contributed by atoms with van der Waals surface area (Å²) in [6, 6.07) is 14.0. The van der Waals surface area contributed by atoms with Crippen LogP contribution in [0.1, 0.15) is 44.6 Å². The molecule has 0 aliphatic carbocycles. The zero-order valence-corrected chi connectivity index (χ0v) is 16.1. The molecule has 0 aliphatic heterocycles. The molecule has 0 atom stereocenters. The topological polar surface area (TPSA) is 61.2 Å². The molecule has 1 aromatic heterocycles. The summed E-state index contributed by atoms with van der Waals surface area (Å²) in [5.41, 5.74) is 3.21. The van der Waals surface area contributed by atoms with E-state index in [1.807, 2.05) is 31.2 Å². The highest BCUT2D eigenvalue weighted by Crippen LogP contribution is 2.21. The molecular weight excluding hydrogens is 364 g/mol. The molecule has 1 heterocycles. The predicted molar refractivity (Wildman–Crippen MR) is 104 cm³/mol. The number of carbonyl (C=O) groups is 2. The maximum Gasteiger partial charge on any atom is 0.347 e. The fourth-order valence-corrected chi connectivity index (χ4v) is 3.05. The molecule has 0 radical (unpaired) electrons. The fraction of sp³-hybridized carbons (Fsp3) is 0.190. The minimum absolute atomic E-state index is 0.0413. The summed E-state index contributed by atoms with van der Waals surface area (Å²) >= 11 is 6.22. The quantitative estimate of drug-likeness (QED) is 0.367. The first-order valence-electron chi connectivity index (χ1n) is 8.47. The molecule has 0 unspecified atom stereocenters. The maximum atomic E-state index is 12.6. The van der Waals surface area contributed by atoms with Crippen LogP contribution in [0.4, 0.5) is 0 Å². The lowest BCUT2D eigenvalue weighted by atomic mass is 10.1. The van der Waals surface area contributed by atoms with E-state index in [0.29, 0.717) is 39.8 Å². The number of nitrogens with zero attached hydrogens (tertiary/aromatic N) is 2. The number of carbonyl (C=O) groups excluding carboxylic acids is 2. The number of aromatic nitrogens is 2. The molecule has 0 spiro atoms. The molecule has 0 N–H and O–H groups in total. The second kappa shape index (κ2) is 7.76. The van der Waals surface area contributed by atoms with Gasteiger partial charge in [0.15, 0.2) is 5.78 Å². The van der Waals surface area contributed by atoms with E-state index in [9.17, 15) is 9.59 Å². The van der Waals surface area contributed by atoms with Crippen LogP contribution >= 0.6 is 11.6 Å². The average molecular weight is 383 g/mol. The Morgan fingerprint density at radius 1 is 1.07 bits per heavy atom. The van der Waals surface area contributed by atoms with Crippen molar-refractivity contribution in [3.63, 3.8) is 0 Å². The third-order valence-electron chi connectivity index (χ3n) is 4.33. The molecule has 0 amide bonds. The van der Waals surface area contributed by atoms with Gasteiger partial charge in [0.05, 0.1) is 17.9 Å². The van der Waals surface area contributed by atoms with Gasteiger partial charge >= 0.3 is 5.97 Å². The van der Waals surface area contributed by atoms with E-state index < -0.39 is 5.97 Å². The Balaban J connectivity index is 1.82. The van der Waals surface area contributed by atoms with Gasteiger partial charge in [-0.25, -0.2) is 4.79 Å². The monoisotopic (exact) mass is 382 g/mol. The van der Waals surface area contributed by atoms with Gasteiger partial charge in [-0.1, -0.05) is 29.8 Å². The van der Waals surface area contributed by atoms with Crippen LogP contribution in [-0.2, 0) is 6.54 Å². The van der Waals surface area contributed by atoms with Crippen molar-refractivity contribution >= 4 is 23.4 Å². The van der Waals surface area contributed by atoms with Crippen LogP contribution in [0.3, 0.4) is 0 Å². The molecule has 0 fully saturated rings. The van der Waals surface area contributed by atoms with Crippen LogP contribution < -0.4 is 4.74 Å². The summed E-state index contributed by atoms with van der Waals surface area (Å²) in [6.07, 6.45) is 0. The van der Waals surface area contributed by atoms with Crippen LogP contribution in [-0.4, -0.2) is 21.5 Å². The number of Topliss-reactive ketones (excluding diaryl/α,β-unsaturated/α-hetero) is 1. The first kappa shape index (κ1) is 18.9. The highest BCUT2D eigenvalue weighted by Gasteiger charge is 2.21. The van der Waals surface area contributed by atoms with Gasteiger partial charge in [0.1, 0.15) is 11.3 Å². The molecule has 0 bridgehead atoms. The van der Waals surface area contributed by atoms with Crippen molar-refractivity contribution in [1.29, 1.82) is 0 Å². The number of ether oxygens (including phenoxy) is 1. The number of ketones is 1. The van der Waals surface area contributed by atoms with E-state index in [4.69, 9.17) is 16.3 Å². The standard InChI is InChI=1S/C21H19ClN2O3/c1-13-20(21(26)27-18-10-8-16(9-11-18)15(3)25)14(2)24(23-13)12-17-6-4-5-7-19(17)22/h4-11H,12H2,1-3H3. The molecular formula is C21H19ClN2O3. The van der Waals surface area contributed by atoms with Crippen molar-refractivity contribution in [2.75, 3.05) is 0 Å². The third-order valence-corrected chi connectivity index (χ3v) is 4.70. The maximum absolute atomic E-state index is 12.6. The smallest absolute Gasteiger partial charge is 0.347 e. The van der Waals surface area contributed by atoms with Gasteiger partial charge in [-0.05, 0) is 56.7 Å². The molecule has 5 nitrogen and oxygen atoms in total. The van der Waals surface area contributed by atoms with E-state index in [0.717, 1.165) is 5.56 Å². The molecule has 3 rings (SSSR count). The van der Waals surface area contributed by atoms with Crippen LogP contribution in [0.2, 0.25) is 5.02 Å². The SMILES string of the molecule is CC(=O)c1ccc(OC(=O)c2c(C)nn(Cc3ccccc3Cl)c2C)cc1. The lowest BCUT2D eigenvalue weighted by Gasteiger charge is -2.08. The van der Waals surface area contributed by atoms with Gasteiger partial charge in [0.2, 0.25) is 0 Å². The van der Waals surface area contributed by atoms with Gasteiger partial charge in [0, 0.05) is 10.6 Å². The summed E-state index contributed by atoms with van der Waals surface area (Å²) in [6.45, 7) is 5.55. The number of benzene rings is 2. The van der Waals surface area contributed by atoms with Gasteiger partial charge in [0.25, 0.3) is 0 Å². The fourth-order valence-electron chi connectivity index (χ4n) is 2.85. The molecule has 0 saturated carbocycles. The van der Waals surface area contributed by atoms with Crippen LogP contribution in [0.25, 0.3) is 0 Å². The van der Waals surface area contributed by atoms with E-state index in [2.05, 4.69) is 5.10 Å². The lowest BCUT2D eigenvalue weighted by Crippen LogP contribution is -2.12. The number of aryl methyl sites for hydroxylation is 1. The number of esters is 1. The number of rotatable bonds is 5. The van der Waals surface area contributed by atoms with Gasteiger partial charge in [-0.3, -0.25) is 9.48 Å². The van der Waals surface area contributed by atoms with E-state index >= 15 is 0 Å². The van der Waals surface area contributed by atoms with Gasteiger partial charge in [-0.15, -0.1) is 0 Å². The van der Waals surface area contributed by atoms with Crippen molar-refractivity contribution < 1.29 is 14.3 Å². The number of halogens is 1. The molecule has 138 valence electrons. The Hall–Kier alpha value is -2.92. The summed E-state index contributed by atoms with van der Waals surface area (Å²) in [5, 5.41) is 5.11. The molecule has 0 saturated heterocycles. The number of hydrogen-bond acceptors (Lipinski definition) is 4. The minimum atomic E-state index is -0.481. The molecule has 2 aromatic carbocycles. The summed E-state index contributed by atoms with van der Waals surface area (Å²) < 4.78 is 7.20. The Bertz CT molecular complexity index is 1010. The first-order valence-corrected chi connectivity index (χ1v) is 8.85. The predicted octanol–water partition coefficient (Wildman–Crippen LogP) is 4.62. The van der Waals surface area contributed by atoms with Crippen LogP contribution in [0.5, 0.6) is 5.75 Å². The zero-order chi connectivity index (χ0) is 19.6. The summed E-state index contributed by atoms with van der Waals surface area (Å²) in [7, 11) is 0. The van der Waals surface area contributed by atoms with Crippen molar-refractivity contribution in [3.8, 4) is 5.75 Å². The summed E-state index contributed by atoms with van der Waals surface area (Å²) in [5.74, 6) is -0.144. The average Bonchev–Trinajstić information content (AvgIpc) is 2.91. The van der Waals surface area contributed by atoms with E-state index in [1.165, 1.54) is 6.92 Å². The van der Waals surface area contributed by atoms with Gasteiger partial charge in [-0.2, -0.15) is 5.10 Å².